The largest absolute Gasteiger partial charge is 0.449 e. The van der Waals surface area contributed by atoms with E-state index in [2.05, 4.69) is 11.9 Å². The van der Waals surface area contributed by atoms with E-state index in [0.29, 0.717) is 6.42 Å². The van der Waals surface area contributed by atoms with E-state index in [1.54, 1.807) is 26.2 Å². The monoisotopic (exact) mass is 295 g/mol. The zero-order valence-corrected chi connectivity index (χ0v) is 12.4. The number of nitrogens with zero attached hydrogens (tertiary/aromatic N) is 2. The van der Waals surface area contributed by atoms with Crippen LogP contribution in [0.2, 0.25) is 0 Å². The molecule has 0 fully saturated rings. The molecule has 0 aromatic rings. The Labute approximate surface area is 124 Å². The normalized spacial score (nSPS) is 10.9. The minimum absolute atomic E-state index is 0.0983. The zero-order chi connectivity index (χ0) is 16.3. The molecule has 0 rings (SSSR count). The molecule has 0 saturated heterocycles. The van der Waals surface area contributed by atoms with Crippen molar-refractivity contribution in [2.75, 3.05) is 20.7 Å². The van der Waals surface area contributed by atoms with Crippen molar-refractivity contribution in [2.24, 2.45) is 0 Å². The van der Waals surface area contributed by atoms with Crippen LogP contribution in [0.25, 0.3) is 0 Å². The van der Waals surface area contributed by atoms with E-state index in [-0.39, 0.29) is 37.7 Å². The molecule has 1 N–H and O–H groups in total. The number of nitrogens with one attached hydrogen (secondary N) is 1. The van der Waals surface area contributed by atoms with Gasteiger partial charge in [-0.15, -0.1) is 6.58 Å². The molecule has 0 spiro atoms. The fraction of sp³-hybridized carbons (Fsp3) is 0.571. The van der Waals surface area contributed by atoms with Crippen molar-refractivity contribution >= 4 is 17.8 Å². The number of carbonyl (C=O) groups excluding carboxylic acids is 3. The molecule has 0 saturated carbocycles. The molecule has 116 valence electrons. The van der Waals surface area contributed by atoms with Crippen LogP contribution in [0.1, 0.15) is 25.7 Å². The molecular formula is C14H21N3O4. The third-order valence-corrected chi connectivity index (χ3v) is 2.62. The molecular weight excluding hydrogens is 274 g/mol. The topological polar surface area (TPSA) is 99.5 Å². The van der Waals surface area contributed by atoms with Gasteiger partial charge < -0.3 is 15.0 Å². The van der Waals surface area contributed by atoms with Gasteiger partial charge in [0.15, 0.2) is 6.61 Å². The molecule has 0 aliphatic heterocycles. The second-order valence-corrected chi connectivity index (χ2v) is 4.54. The summed E-state index contributed by atoms with van der Waals surface area (Å²) >= 11 is 0. The summed E-state index contributed by atoms with van der Waals surface area (Å²) in [4.78, 5) is 36.3. The van der Waals surface area contributed by atoms with Gasteiger partial charge in [-0.3, -0.25) is 9.59 Å². The van der Waals surface area contributed by atoms with Crippen LogP contribution in [0.5, 0.6) is 0 Å². The van der Waals surface area contributed by atoms with Crippen molar-refractivity contribution in [2.45, 2.75) is 31.7 Å². The molecule has 0 aromatic carbocycles. The summed E-state index contributed by atoms with van der Waals surface area (Å²) < 4.78 is 4.69. The summed E-state index contributed by atoms with van der Waals surface area (Å²) in [6.45, 7) is 3.12. The lowest BCUT2D eigenvalue weighted by atomic mass is 10.1. The highest BCUT2D eigenvalue weighted by Gasteiger charge is 2.23. The first kappa shape index (κ1) is 18.6. The molecule has 1 atom stereocenters. The van der Waals surface area contributed by atoms with Crippen LogP contribution < -0.4 is 5.32 Å². The number of nitriles is 1. The molecule has 0 bridgehead atoms. The Balaban J connectivity index is 4.57. The minimum Gasteiger partial charge on any atom is -0.449 e. The molecule has 0 radical (unpaired) electrons. The Bertz CT molecular complexity index is 426. The van der Waals surface area contributed by atoms with E-state index in [1.807, 2.05) is 0 Å². The van der Waals surface area contributed by atoms with Gasteiger partial charge in [-0.05, 0) is 12.8 Å². The maximum atomic E-state index is 11.8. The van der Waals surface area contributed by atoms with E-state index in [1.165, 1.54) is 4.90 Å². The summed E-state index contributed by atoms with van der Waals surface area (Å²) in [6, 6.07) is 0.749. The van der Waals surface area contributed by atoms with Gasteiger partial charge in [-0.25, -0.2) is 4.79 Å². The van der Waals surface area contributed by atoms with Crippen LogP contribution in [0.4, 0.5) is 0 Å². The summed E-state index contributed by atoms with van der Waals surface area (Å²) in [7, 11) is 3.21. The molecule has 0 aliphatic carbocycles. The van der Waals surface area contributed by atoms with Crippen molar-refractivity contribution in [1.82, 2.24) is 10.2 Å². The smallest absolute Gasteiger partial charge is 0.329 e. The number of carbonyl (C=O) groups is 3. The molecule has 1 unspecified atom stereocenters. The van der Waals surface area contributed by atoms with Crippen molar-refractivity contribution in [1.29, 1.82) is 5.26 Å². The van der Waals surface area contributed by atoms with Gasteiger partial charge >= 0.3 is 5.97 Å². The van der Waals surface area contributed by atoms with Crippen molar-refractivity contribution in [3.63, 3.8) is 0 Å². The number of rotatable bonds is 9. The molecule has 21 heavy (non-hydrogen) atoms. The van der Waals surface area contributed by atoms with Crippen molar-refractivity contribution in [3.8, 4) is 6.07 Å². The predicted molar refractivity (Wildman–Crippen MR) is 75.9 cm³/mol. The average Bonchev–Trinajstić information content (AvgIpc) is 2.46. The van der Waals surface area contributed by atoms with Crippen molar-refractivity contribution in [3.05, 3.63) is 12.7 Å². The van der Waals surface area contributed by atoms with Gasteiger partial charge in [0.25, 0.3) is 0 Å². The molecule has 0 aliphatic rings. The number of allylic oxidation sites excluding steroid dienone is 1. The Morgan fingerprint density at radius 2 is 2.05 bits per heavy atom. The lowest BCUT2D eigenvalue weighted by Gasteiger charge is -2.17. The summed E-state index contributed by atoms with van der Waals surface area (Å²) in [5.74, 6) is -1.20. The Morgan fingerprint density at radius 3 is 2.57 bits per heavy atom. The number of amides is 2. The number of esters is 1. The first-order valence-corrected chi connectivity index (χ1v) is 6.56. The fourth-order valence-electron chi connectivity index (χ4n) is 1.44. The third-order valence-electron chi connectivity index (χ3n) is 2.62. The van der Waals surface area contributed by atoms with Gasteiger partial charge in [0.2, 0.25) is 11.8 Å². The number of hydrogen-bond donors (Lipinski definition) is 1. The summed E-state index contributed by atoms with van der Waals surface area (Å²) in [5, 5.41) is 10.9. The van der Waals surface area contributed by atoms with E-state index in [4.69, 9.17) is 10.00 Å². The lowest BCUT2D eigenvalue weighted by Crippen LogP contribution is -2.42. The van der Waals surface area contributed by atoms with Crippen LogP contribution in [0, 0.1) is 11.3 Å². The van der Waals surface area contributed by atoms with Gasteiger partial charge in [0.05, 0.1) is 0 Å². The van der Waals surface area contributed by atoms with E-state index < -0.39 is 12.0 Å². The molecule has 7 heteroatoms. The second-order valence-electron chi connectivity index (χ2n) is 4.54. The Hall–Kier alpha value is -2.36. The van der Waals surface area contributed by atoms with Gasteiger partial charge in [-0.1, -0.05) is 6.08 Å². The molecule has 7 nitrogen and oxygen atoms in total. The van der Waals surface area contributed by atoms with Gasteiger partial charge in [0.1, 0.15) is 12.1 Å². The molecule has 0 aromatic heterocycles. The molecule has 0 heterocycles. The SMILES string of the molecule is C=CCCC(=O)NC(CCC(=O)N(C)C)C(=O)OCC#N. The van der Waals surface area contributed by atoms with Crippen molar-refractivity contribution < 1.29 is 19.1 Å². The zero-order valence-electron chi connectivity index (χ0n) is 12.4. The Kier molecular flexibility index (Phi) is 9.26. The fourth-order valence-corrected chi connectivity index (χ4v) is 1.44. The highest BCUT2D eigenvalue weighted by Crippen LogP contribution is 2.04. The third kappa shape index (κ3) is 8.42. The minimum atomic E-state index is -0.931. The van der Waals surface area contributed by atoms with E-state index in [9.17, 15) is 14.4 Å². The van der Waals surface area contributed by atoms with Crippen LogP contribution in [-0.4, -0.2) is 49.4 Å². The quantitative estimate of drug-likeness (QED) is 0.489. The highest BCUT2D eigenvalue weighted by atomic mass is 16.5. The summed E-state index contributed by atoms with van der Waals surface area (Å²) in [5.41, 5.74) is 0. The maximum absolute atomic E-state index is 11.8. The van der Waals surface area contributed by atoms with Crippen LogP contribution in [-0.2, 0) is 19.1 Å². The standard InChI is InChI=1S/C14H21N3O4/c1-4-5-6-12(18)16-11(14(20)21-10-9-15)7-8-13(19)17(2)3/h4,11H,1,5-8,10H2,2-3H3,(H,16,18). The van der Waals surface area contributed by atoms with E-state index >= 15 is 0 Å². The summed E-state index contributed by atoms with van der Waals surface area (Å²) in [6.07, 6.45) is 2.51. The van der Waals surface area contributed by atoms with Crippen LogP contribution >= 0.6 is 0 Å². The first-order chi connectivity index (χ1) is 9.92. The van der Waals surface area contributed by atoms with Crippen LogP contribution in [0.15, 0.2) is 12.7 Å². The molecule has 2 amide bonds. The Morgan fingerprint density at radius 1 is 1.38 bits per heavy atom. The van der Waals surface area contributed by atoms with Gasteiger partial charge in [-0.2, -0.15) is 5.26 Å². The second kappa shape index (κ2) is 10.4. The number of hydrogen-bond acceptors (Lipinski definition) is 5. The average molecular weight is 295 g/mol. The highest BCUT2D eigenvalue weighted by molar-refractivity contribution is 5.85. The first-order valence-electron chi connectivity index (χ1n) is 6.56. The predicted octanol–water partition coefficient (Wildman–Crippen LogP) is 0.373. The lowest BCUT2D eigenvalue weighted by molar-refractivity contribution is -0.147. The number of ether oxygens (including phenoxy) is 1. The maximum Gasteiger partial charge on any atom is 0.329 e. The van der Waals surface area contributed by atoms with Crippen LogP contribution in [0.3, 0.4) is 0 Å². The van der Waals surface area contributed by atoms with E-state index in [0.717, 1.165) is 0 Å². The van der Waals surface area contributed by atoms with Gasteiger partial charge in [0, 0.05) is 26.9 Å².